The lowest BCUT2D eigenvalue weighted by atomic mass is 10.0. The van der Waals surface area contributed by atoms with Crippen LogP contribution >= 0.6 is 0 Å². The Hall–Kier alpha value is -4.39. The van der Waals surface area contributed by atoms with Gasteiger partial charge >= 0.3 is 18.1 Å². The number of hydrogen-bond donors (Lipinski definition) is 3. The van der Waals surface area contributed by atoms with Crippen molar-refractivity contribution in [1.29, 1.82) is 0 Å². The molecule has 0 saturated carbocycles. The van der Waals surface area contributed by atoms with Gasteiger partial charge in [-0.05, 0) is 102 Å². The van der Waals surface area contributed by atoms with E-state index >= 15 is 0 Å². The second kappa shape index (κ2) is 17.7. The van der Waals surface area contributed by atoms with E-state index < -0.39 is 44.2 Å². The Balaban J connectivity index is 1.74. The summed E-state index contributed by atoms with van der Waals surface area (Å²) in [5.41, 5.74) is 1.46. The number of nitrogens with zero attached hydrogens (tertiary/aromatic N) is 1. The van der Waals surface area contributed by atoms with Crippen LogP contribution in [0.15, 0.2) is 78.9 Å². The summed E-state index contributed by atoms with van der Waals surface area (Å²) in [6.07, 6.45) is -1.15. The molecule has 12 heteroatoms. The molecule has 260 valence electrons. The van der Waals surface area contributed by atoms with Crippen LogP contribution in [0.4, 0.5) is 21.0 Å². The molecule has 0 aliphatic heterocycles. The molecular weight excluding hydrogens is 630 g/mol. The summed E-state index contributed by atoms with van der Waals surface area (Å²) < 4.78 is 22.8. The molecule has 0 aliphatic rings. The highest BCUT2D eigenvalue weighted by Crippen LogP contribution is 2.20. The lowest BCUT2D eigenvalue weighted by molar-refractivity contribution is -0.00784. The number of carbonyl (C=O) groups is 3. The average molecular weight is 680 g/mol. The first-order valence-electron chi connectivity index (χ1n) is 16.1. The van der Waals surface area contributed by atoms with Crippen LogP contribution in [0.2, 0.25) is 19.6 Å². The molecule has 3 rings (SSSR count). The fourth-order valence-electron chi connectivity index (χ4n) is 4.52. The van der Waals surface area contributed by atoms with Crippen molar-refractivity contribution in [3.05, 3.63) is 90.0 Å². The quantitative estimate of drug-likeness (QED) is 0.116. The number of nitrogens with one attached hydrogen (secondary N) is 2. The highest BCUT2D eigenvalue weighted by Gasteiger charge is 2.32. The predicted molar refractivity (Wildman–Crippen MR) is 189 cm³/mol. The number of rotatable bonds is 15. The van der Waals surface area contributed by atoms with Gasteiger partial charge < -0.3 is 34.4 Å². The molecule has 11 nitrogen and oxygen atoms in total. The van der Waals surface area contributed by atoms with Crippen molar-refractivity contribution < 1.29 is 38.1 Å². The second-order valence-corrected chi connectivity index (χ2v) is 17.8. The molecule has 0 aliphatic carbocycles. The predicted octanol–water partition coefficient (Wildman–Crippen LogP) is 6.95. The van der Waals surface area contributed by atoms with Crippen LogP contribution in [0, 0.1) is 0 Å². The maximum absolute atomic E-state index is 13.6. The fraction of sp³-hybridized carbons (Fsp3) is 0.417. The summed E-state index contributed by atoms with van der Waals surface area (Å²) in [5.74, 6) is 0.150. The minimum Gasteiger partial charge on any atom is -0.491 e. The molecule has 48 heavy (non-hydrogen) atoms. The number of urea groups is 1. The van der Waals surface area contributed by atoms with Gasteiger partial charge in [0.2, 0.25) is 0 Å². The van der Waals surface area contributed by atoms with Gasteiger partial charge in [-0.25, -0.2) is 14.4 Å². The number of aliphatic hydroxyl groups excluding tert-OH is 1. The van der Waals surface area contributed by atoms with E-state index in [-0.39, 0.29) is 26.4 Å². The van der Waals surface area contributed by atoms with Crippen molar-refractivity contribution in [3.63, 3.8) is 0 Å². The van der Waals surface area contributed by atoms with E-state index in [9.17, 15) is 19.5 Å². The van der Waals surface area contributed by atoms with Crippen molar-refractivity contribution in [2.75, 3.05) is 37.0 Å². The van der Waals surface area contributed by atoms with Gasteiger partial charge in [-0.15, -0.1) is 0 Å². The Morgan fingerprint density at radius 3 is 2.17 bits per heavy atom. The topological polar surface area (TPSA) is 136 Å². The van der Waals surface area contributed by atoms with Crippen LogP contribution in [0.25, 0.3) is 0 Å². The summed E-state index contributed by atoms with van der Waals surface area (Å²) in [6, 6.07) is 22.0. The van der Waals surface area contributed by atoms with E-state index in [0.29, 0.717) is 29.1 Å². The van der Waals surface area contributed by atoms with Crippen molar-refractivity contribution in [3.8, 4) is 5.75 Å². The standard InChI is InChI=1S/C36H49N3O8Si/c1-8-44-33(41)27-13-12-14-29(22-27)38-34(42)37-28-19-17-26(18-20-28)21-30(24-46-48(5,6)7)39(35(43)47-36(2,3)4)23-31(40)25-45-32-15-10-9-11-16-32/h9-20,22,30-31,40H,8,21,23-25H2,1-7H3,(H2,37,38,42). The Kier molecular flexibility index (Phi) is 14.0. The SMILES string of the molecule is CCOC(=O)c1cccc(NC(=O)Nc2ccc(CC(CO[Si](C)(C)C)N(CC(O)COc3ccccc3)C(=O)OC(C)(C)C)cc2)c1. The molecule has 3 amide bonds. The smallest absolute Gasteiger partial charge is 0.410 e. The van der Waals surface area contributed by atoms with Crippen molar-refractivity contribution in [2.24, 2.45) is 0 Å². The molecule has 0 aromatic heterocycles. The first kappa shape index (κ1) is 38.1. The number of aliphatic hydroxyl groups is 1. The number of para-hydroxylation sites is 1. The monoisotopic (exact) mass is 679 g/mol. The van der Waals surface area contributed by atoms with Gasteiger partial charge in [0, 0.05) is 11.4 Å². The Labute approximate surface area is 284 Å². The highest BCUT2D eigenvalue weighted by molar-refractivity contribution is 6.69. The van der Waals surface area contributed by atoms with Crippen LogP contribution in [-0.4, -0.2) is 80.5 Å². The normalized spacial score (nSPS) is 12.8. The van der Waals surface area contributed by atoms with Crippen molar-refractivity contribution in [1.82, 2.24) is 4.90 Å². The summed E-state index contributed by atoms with van der Waals surface area (Å²) in [6.45, 7) is 13.8. The molecule has 3 N–H and O–H groups in total. The number of benzene rings is 3. The number of anilines is 2. The second-order valence-electron chi connectivity index (χ2n) is 13.3. The Morgan fingerprint density at radius 1 is 0.875 bits per heavy atom. The molecule has 0 spiro atoms. The molecule has 3 aromatic rings. The van der Waals surface area contributed by atoms with Gasteiger partial charge in [-0.3, -0.25) is 4.90 Å². The molecule has 0 fully saturated rings. The van der Waals surface area contributed by atoms with Crippen LogP contribution in [0.5, 0.6) is 5.75 Å². The summed E-state index contributed by atoms with van der Waals surface area (Å²) in [4.78, 5) is 39.8. The first-order valence-corrected chi connectivity index (χ1v) is 19.5. The largest absolute Gasteiger partial charge is 0.491 e. The number of hydrogen-bond acceptors (Lipinski definition) is 8. The highest BCUT2D eigenvalue weighted by atomic mass is 28.4. The third-order valence-corrected chi connectivity index (χ3v) is 7.72. The fourth-order valence-corrected chi connectivity index (χ4v) is 5.21. The van der Waals surface area contributed by atoms with E-state index in [1.165, 1.54) is 4.90 Å². The minimum absolute atomic E-state index is 0.0134. The zero-order chi connectivity index (χ0) is 35.3. The van der Waals surface area contributed by atoms with Crippen LogP contribution in [-0.2, 0) is 20.3 Å². The lowest BCUT2D eigenvalue weighted by Crippen LogP contribution is -2.51. The maximum Gasteiger partial charge on any atom is 0.410 e. The van der Waals surface area contributed by atoms with Gasteiger partial charge in [0.1, 0.15) is 24.1 Å². The van der Waals surface area contributed by atoms with Crippen LogP contribution in [0.3, 0.4) is 0 Å². The van der Waals surface area contributed by atoms with Gasteiger partial charge in [-0.2, -0.15) is 0 Å². The Bertz CT molecular complexity index is 1470. The van der Waals surface area contributed by atoms with E-state index in [4.69, 9.17) is 18.6 Å². The number of esters is 1. The van der Waals surface area contributed by atoms with Crippen LogP contribution in [0.1, 0.15) is 43.6 Å². The van der Waals surface area contributed by atoms with Crippen molar-refractivity contribution >= 4 is 37.8 Å². The molecule has 0 saturated heterocycles. The van der Waals surface area contributed by atoms with Gasteiger partial charge in [0.25, 0.3) is 0 Å². The Morgan fingerprint density at radius 2 is 1.54 bits per heavy atom. The van der Waals surface area contributed by atoms with Crippen LogP contribution < -0.4 is 15.4 Å². The van der Waals surface area contributed by atoms with Gasteiger partial charge in [0.05, 0.1) is 31.4 Å². The number of ether oxygens (including phenoxy) is 3. The van der Waals surface area contributed by atoms with E-state index in [1.807, 2.05) is 30.3 Å². The summed E-state index contributed by atoms with van der Waals surface area (Å²) in [7, 11) is -1.98. The molecule has 0 radical (unpaired) electrons. The van der Waals surface area contributed by atoms with Gasteiger partial charge in [0.15, 0.2) is 8.32 Å². The molecule has 2 atom stereocenters. The van der Waals surface area contributed by atoms with Crippen molar-refractivity contribution in [2.45, 2.75) is 71.5 Å². The maximum atomic E-state index is 13.6. The first-order chi connectivity index (χ1) is 22.6. The average Bonchev–Trinajstić information content (AvgIpc) is 3.01. The lowest BCUT2D eigenvalue weighted by Gasteiger charge is -2.36. The zero-order valence-corrected chi connectivity index (χ0v) is 29.9. The minimum atomic E-state index is -1.98. The molecule has 0 bridgehead atoms. The number of carbonyl (C=O) groups excluding carboxylic acids is 3. The molecule has 0 heterocycles. The molecule has 2 unspecified atom stereocenters. The zero-order valence-electron chi connectivity index (χ0n) is 28.9. The third-order valence-electron chi connectivity index (χ3n) is 6.69. The van der Waals surface area contributed by atoms with Gasteiger partial charge in [-0.1, -0.05) is 36.4 Å². The third kappa shape index (κ3) is 13.8. The summed E-state index contributed by atoms with van der Waals surface area (Å²) >= 11 is 0. The van der Waals surface area contributed by atoms with E-state index in [0.717, 1.165) is 5.56 Å². The summed E-state index contributed by atoms with van der Waals surface area (Å²) in [5, 5.41) is 16.5. The molecule has 3 aromatic carbocycles. The van der Waals surface area contributed by atoms with E-state index in [1.54, 1.807) is 76.2 Å². The molecular formula is C36H49N3O8Si. The number of amides is 3. The van der Waals surface area contributed by atoms with E-state index in [2.05, 4.69) is 30.3 Å².